The first-order chi connectivity index (χ1) is 5.24. The summed E-state index contributed by atoms with van der Waals surface area (Å²) in [7, 11) is 0. The van der Waals surface area contributed by atoms with Gasteiger partial charge in [0.25, 0.3) is 0 Å². The van der Waals surface area contributed by atoms with Gasteiger partial charge in [0.1, 0.15) is 0 Å². The number of hydrogen-bond acceptors (Lipinski definition) is 4. The lowest BCUT2D eigenvalue weighted by Crippen LogP contribution is -2.01. The minimum absolute atomic E-state index is 0.230. The molecule has 0 aliphatic carbocycles. The molecule has 0 saturated heterocycles. The van der Waals surface area contributed by atoms with Crippen molar-refractivity contribution in [1.29, 1.82) is 5.26 Å². The standard InChI is InChI=1S/C7H8N4/c1-5-6(2)10-11-7(9-5)3-4-8/h3H2,1-2H3. The minimum atomic E-state index is 0.230. The van der Waals surface area contributed by atoms with Crippen LogP contribution in [-0.4, -0.2) is 15.2 Å². The van der Waals surface area contributed by atoms with Crippen molar-refractivity contribution in [2.75, 3.05) is 0 Å². The normalized spacial score (nSPS) is 9.18. The molecule has 56 valence electrons. The van der Waals surface area contributed by atoms with Crippen LogP contribution in [0.5, 0.6) is 0 Å². The van der Waals surface area contributed by atoms with Gasteiger partial charge < -0.3 is 0 Å². The van der Waals surface area contributed by atoms with Crippen LogP contribution in [0, 0.1) is 25.2 Å². The lowest BCUT2D eigenvalue weighted by atomic mass is 10.3. The molecule has 0 amide bonds. The second-order valence-electron chi connectivity index (χ2n) is 2.23. The minimum Gasteiger partial charge on any atom is -0.233 e. The van der Waals surface area contributed by atoms with Crippen molar-refractivity contribution >= 4 is 0 Å². The van der Waals surface area contributed by atoms with E-state index in [0.29, 0.717) is 5.82 Å². The fourth-order valence-corrected chi connectivity index (χ4v) is 0.648. The highest BCUT2D eigenvalue weighted by Gasteiger charge is 1.99. The number of aryl methyl sites for hydroxylation is 2. The first kappa shape index (κ1) is 7.61. The van der Waals surface area contributed by atoms with Gasteiger partial charge in [-0.25, -0.2) is 4.98 Å². The van der Waals surface area contributed by atoms with Crippen LogP contribution >= 0.6 is 0 Å². The zero-order valence-corrected chi connectivity index (χ0v) is 6.50. The van der Waals surface area contributed by atoms with Gasteiger partial charge in [0.15, 0.2) is 5.82 Å². The van der Waals surface area contributed by atoms with Crippen molar-refractivity contribution < 1.29 is 0 Å². The molecule has 1 rings (SSSR count). The van der Waals surface area contributed by atoms with Crippen molar-refractivity contribution in [3.05, 3.63) is 17.2 Å². The fraction of sp³-hybridized carbons (Fsp3) is 0.429. The van der Waals surface area contributed by atoms with Crippen molar-refractivity contribution in [2.45, 2.75) is 20.3 Å². The van der Waals surface area contributed by atoms with Gasteiger partial charge in [-0.2, -0.15) is 10.4 Å². The predicted octanol–water partition coefficient (Wildman–Crippen LogP) is 0.555. The average Bonchev–Trinajstić information content (AvgIpc) is 1.98. The van der Waals surface area contributed by atoms with E-state index in [1.54, 1.807) is 0 Å². The van der Waals surface area contributed by atoms with Crippen molar-refractivity contribution in [3.63, 3.8) is 0 Å². The molecule has 11 heavy (non-hydrogen) atoms. The molecule has 4 heteroatoms. The van der Waals surface area contributed by atoms with E-state index in [4.69, 9.17) is 5.26 Å². The highest BCUT2D eigenvalue weighted by Crippen LogP contribution is 1.97. The molecule has 0 bridgehead atoms. The summed E-state index contributed by atoms with van der Waals surface area (Å²) in [4.78, 5) is 4.07. The molecule has 0 spiro atoms. The van der Waals surface area contributed by atoms with Gasteiger partial charge in [0.2, 0.25) is 0 Å². The smallest absolute Gasteiger partial charge is 0.165 e. The van der Waals surface area contributed by atoms with Crippen LogP contribution < -0.4 is 0 Å². The summed E-state index contributed by atoms with van der Waals surface area (Å²) in [6.07, 6.45) is 0.230. The molecular weight excluding hydrogens is 140 g/mol. The van der Waals surface area contributed by atoms with Gasteiger partial charge in [-0.3, -0.25) is 0 Å². The van der Waals surface area contributed by atoms with Gasteiger partial charge in [-0.15, -0.1) is 5.10 Å². The quantitative estimate of drug-likeness (QED) is 0.583. The van der Waals surface area contributed by atoms with Gasteiger partial charge >= 0.3 is 0 Å². The summed E-state index contributed by atoms with van der Waals surface area (Å²) >= 11 is 0. The Hall–Kier alpha value is -1.50. The van der Waals surface area contributed by atoms with E-state index >= 15 is 0 Å². The van der Waals surface area contributed by atoms with Crippen LogP contribution in [0.4, 0.5) is 0 Å². The molecule has 0 aliphatic heterocycles. The Morgan fingerprint density at radius 1 is 1.27 bits per heavy atom. The van der Waals surface area contributed by atoms with Crippen molar-refractivity contribution in [1.82, 2.24) is 15.2 Å². The molecule has 1 aromatic rings. The molecular formula is C7H8N4. The maximum Gasteiger partial charge on any atom is 0.165 e. The van der Waals surface area contributed by atoms with Gasteiger partial charge in [-0.05, 0) is 13.8 Å². The molecule has 0 saturated carbocycles. The lowest BCUT2D eigenvalue weighted by molar-refractivity contribution is 0.827. The maximum absolute atomic E-state index is 8.32. The molecule has 0 N–H and O–H groups in total. The predicted molar refractivity (Wildman–Crippen MR) is 38.6 cm³/mol. The molecule has 1 heterocycles. The number of hydrogen-bond donors (Lipinski definition) is 0. The summed E-state index contributed by atoms with van der Waals surface area (Å²) < 4.78 is 0. The van der Waals surface area contributed by atoms with Crippen molar-refractivity contribution in [2.24, 2.45) is 0 Å². The topological polar surface area (TPSA) is 62.5 Å². The third kappa shape index (κ3) is 1.71. The Bertz CT molecular complexity index is 300. The van der Waals surface area contributed by atoms with Gasteiger partial charge in [-0.1, -0.05) is 0 Å². The number of aromatic nitrogens is 3. The Morgan fingerprint density at radius 2 is 2.00 bits per heavy atom. The van der Waals surface area contributed by atoms with Crippen LogP contribution in [0.15, 0.2) is 0 Å². The van der Waals surface area contributed by atoms with E-state index in [-0.39, 0.29) is 6.42 Å². The largest absolute Gasteiger partial charge is 0.233 e. The SMILES string of the molecule is Cc1nnc(CC#N)nc1C. The third-order valence-corrected chi connectivity index (χ3v) is 1.37. The number of rotatable bonds is 1. The molecule has 0 aromatic carbocycles. The summed E-state index contributed by atoms with van der Waals surface area (Å²) in [6, 6.07) is 1.97. The Labute approximate surface area is 64.9 Å². The zero-order valence-electron chi connectivity index (χ0n) is 6.50. The second-order valence-corrected chi connectivity index (χ2v) is 2.23. The van der Waals surface area contributed by atoms with E-state index in [0.717, 1.165) is 11.4 Å². The number of nitrogens with zero attached hydrogens (tertiary/aromatic N) is 4. The summed E-state index contributed by atoms with van der Waals surface area (Å²) in [5.41, 5.74) is 1.65. The van der Waals surface area contributed by atoms with Crippen LogP contribution in [0.1, 0.15) is 17.2 Å². The van der Waals surface area contributed by atoms with E-state index in [1.165, 1.54) is 0 Å². The fourth-order valence-electron chi connectivity index (χ4n) is 0.648. The number of nitriles is 1. The van der Waals surface area contributed by atoms with Gasteiger partial charge in [0, 0.05) is 0 Å². The molecule has 0 atom stereocenters. The zero-order chi connectivity index (χ0) is 8.27. The average molecular weight is 148 g/mol. The van der Waals surface area contributed by atoms with Crippen LogP contribution in [0.2, 0.25) is 0 Å². The monoisotopic (exact) mass is 148 g/mol. The molecule has 0 aliphatic rings. The Kier molecular flexibility index (Phi) is 2.12. The van der Waals surface area contributed by atoms with Crippen molar-refractivity contribution in [3.8, 4) is 6.07 Å². The molecule has 0 fully saturated rings. The highest BCUT2D eigenvalue weighted by molar-refractivity contribution is 5.06. The van der Waals surface area contributed by atoms with Crippen LogP contribution in [0.25, 0.3) is 0 Å². The molecule has 0 unspecified atom stereocenters. The van der Waals surface area contributed by atoms with E-state index in [1.807, 2.05) is 19.9 Å². The Balaban J connectivity index is 2.98. The van der Waals surface area contributed by atoms with E-state index in [9.17, 15) is 0 Å². The lowest BCUT2D eigenvalue weighted by Gasteiger charge is -1.96. The summed E-state index contributed by atoms with van der Waals surface area (Å²) in [6.45, 7) is 3.69. The first-order valence-electron chi connectivity index (χ1n) is 3.28. The summed E-state index contributed by atoms with van der Waals surface area (Å²) in [5.74, 6) is 0.496. The van der Waals surface area contributed by atoms with Crippen LogP contribution in [-0.2, 0) is 6.42 Å². The first-order valence-corrected chi connectivity index (χ1v) is 3.28. The van der Waals surface area contributed by atoms with E-state index in [2.05, 4.69) is 15.2 Å². The third-order valence-electron chi connectivity index (χ3n) is 1.37. The molecule has 0 radical (unpaired) electrons. The van der Waals surface area contributed by atoms with Gasteiger partial charge in [0.05, 0.1) is 23.9 Å². The molecule has 1 aromatic heterocycles. The maximum atomic E-state index is 8.32. The summed E-state index contributed by atoms with van der Waals surface area (Å²) in [5, 5.41) is 15.9. The second kappa shape index (κ2) is 3.06. The Morgan fingerprint density at radius 3 is 2.55 bits per heavy atom. The van der Waals surface area contributed by atoms with Crippen LogP contribution in [0.3, 0.4) is 0 Å². The molecule has 4 nitrogen and oxygen atoms in total. The highest BCUT2D eigenvalue weighted by atomic mass is 15.2. The van der Waals surface area contributed by atoms with E-state index < -0.39 is 0 Å².